The van der Waals surface area contributed by atoms with Crippen LogP contribution in [0.1, 0.15) is 28.9 Å². The van der Waals surface area contributed by atoms with Crippen LogP contribution < -0.4 is 4.90 Å². The third-order valence-electron chi connectivity index (χ3n) is 5.26. The van der Waals surface area contributed by atoms with Crippen molar-refractivity contribution >= 4 is 11.6 Å². The maximum absolute atomic E-state index is 13.4. The minimum absolute atomic E-state index is 0.0308. The molecular weight excluding hydrogens is 412 g/mol. The molecule has 3 aromatic rings. The van der Waals surface area contributed by atoms with Gasteiger partial charge in [-0.05, 0) is 49.2 Å². The fraction of sp³-hybridized carbons (Fsp3) is 0.273. The van der Waals surface area contributed by atoms with Gasteiger partial charge >= 0.3 is 6.18 Å². The summed E-state index contributed by atoms with van der Waals surface area (Å²) in [6.45, 7) is 0.753. The molecule has 0 bridgehead atoms. The zero-order chi connectivity index (χ0) is 22.0. The van der Waals surface area contributed by atoms with Crippen LogP contribution >= 0.6 is 0 Å². The molecule has 31 heavy (non-hydrogen) atoms. The highest BCUT2D eigenvalue weighted by atomic mass is 19.4. The van der Waals surface area contributed by atoms with E-state index in [1.54, 1.807) is 17.0 Å². The van der Waals surface area contributed by atoms with E-state index in [4.69, 9.17) is 0 Å². The van der Waals surface area contributed by atoms with Crippen LogP contribution in [0.25, 0.3) is 11.4 Å². The fourth-order valence-corrected chi connectivity index (χ4v) is 3.59. The molecule has 1 saturated heterocycles. The minimum atomic E-state index is -4.61. The topological polar surface area (TPSA) is 59.0 Å². The zero-order valence-corrected chi connectivity index (χ0v) is 16.3. The van der Waals surface area contributed by atoms with Gasteiger partial charge in [-0.2, -0.15) is 13.2 Å². The quantitative estimate of drug-likeness (QED) is 0.440. The highest BCUT2D eigenvalue weighted by Crippen LogP contribution is 2.33. The molecule has 1 aromatic carbocycles. The van der Waals surface area contributed by atoms with Crippen molar-refractivity contribution in [1.82, 2.24) is 15.0 Å². The van der Waals surface area contributed by atoms with Gasteiger partial charge in [0, 0.05) is 48.6 Å². The van der Waals surface area contributed by atoms with E-state index in [1.165, 1.54) is 36.7 Å². The highest BCUT2D eigenvalue weighted by molar-refractivity contribution is 5.98. The fourth-order valence-electron chi connectivity index (χ4n) is 3.59. The summed E-state index contributed by atoms with van der Waals surface area (Å²) in [7, 11) is 0. The Kier molecular flexibility index (Phi) is 5.67. The van der Waals surface area contributed by atoms with Crippen LogP contribution in [0.3, 0.4) is 0 Å². The first-order valence-electron chi connectivity index (χ1n) is 9.72. The molecule has 1 aliphatic rings. The molecule has 5 nitrogen and oxygen atoms in total. The van der Waals surface area contributed by atoms with Crippen molar-refractivity contribution in [3.63, 3.8) is 0 Å². The normalized spacial score (nSPS) is 15.2. The molecule has 1 fully saturated rings. The van der Waals surface area contributed by atoms with Gasteiger partial charge in [-0.3, -0.25) is 9.78 Å². The number of piperidine rings is 1. The van der Waals surface area contributed by atoms with Crippen molar-refractivity contribution in [3.8, 4) is 11.4 Å². The van der Waals surface area contributed by atoms with Crippen molar-refractivity contribution < 1.29 is 22.4 Å². The number of anilines is 1. The van der Waals surface area contributed by atoms with E-state index in [9.17, 15) is 22.4 Å². The lowest BCUT2D eigenvalue weighted by atomic mass is 9.89. The minimum Gasteiger partial charge on any atom is -0.356 e. The number of pyridine rings is 1. The molecule has 0 radical (unpaired) electrons. The Morgan fingerprint density at radius 3 is 2.23 bits per heavy atom. The molecule has 0 amide bonds. The van der Waals surface area contributed by atoms with Crippen molar-refractivity contribution in [1.29, 1.82) is 0 Å². The summed E-state index contributed by atoms with van der Waals surface area (Å²) in [6.07, 6.45) is -0.759. The molecule has 1 aliphatic heterocycles. The van der Waals surface area contributed by atoms with Gasteiger partial charge in [0.15, 0.2) is 17.3 Å². The SMILES string of the molecule is O=C(c1ccc(F)cc1)C1CCN(c2cc(C(F)(F)F)nc(-c3ccncc3)n2)CC1. The molecule has 4 rings (SSSR count). The molecule has 3 heterocycles. The zero-order valence-electron chi connectivity index (χ0n) is 16.3. The number of aromatic nitrogens is 3. The monoisotopic (exact) mass is 430 g/mol. The van der Waals surface area contributed by atoms with E-state index in [-0.39, 0.29) is 23.3 Å². The number of alkyl halides is 3. The first kappa shape index (κ1) is 20.9. The lowest BCUT2D eigenvalue weighted by molar-refractivity contribution is -0.141. The number of halogens is 4. The summed E-state index contributed by atoms with van der Waals surface area (Å²) in [5, 5.41) is 0. The highest BCUT2D eigenvalue weighted by Gasteiger charge is 2.35. The average Bonchev–Trinajstić information content (AvgIpc) is 2.79. The Hall–Kier alpha value is -3.36. The van der Waals surface area contributed by atoms with Crippen molar-refractivity contribution in [2.24, 2.45) is 5.92 Å². The largest absolute Gasteiger partial charge is 0.433 e. The van der Waals surface area contributed by atoms with E-state index in [0.29, 0.717) is 37.1 Å². The molecule has 0 unspecified atom stereocenters. The van der Waals surface area contributed by atoms with Gasteiger partial charge in [0.1, 0.15) is 11.6 Å². The predicted molar refractivity (Wildman–Crippen MR) is 106 cm³/mol. The van der Waals surface area contributed by atoms with E-state index in [1.807, 2.05) is 0 Å². The van der Waals surface area contributed by atoms with Crippen LogP contribution in [0.2, 0.25) is 0 Å². The summed E-state index contributed by atoms with van der Waals surface area (Å²) in [4.78, 5) is 26.3. The van der Waals surface area contributed by atoms with Gasteiger partial charge in [0.05, 0.1) is 0 Å². The van der Waals surface area contributed by atoms with Crippen molar-refractivity contribution in [2.75, 3.05) is 18.0 Å². The van der Waals surface area contributed by atoms with Crippen LogP contribution in [0.5, 0.6) is 0 Å². The Bertz CT molecular complexity index is 1060. The molecule has 0 aliphatic carbocycles. The summed E-state index contributed by atoms with van der Waals surface area (Å²) >= 11 is 0. The van der Waals surface area contributed by atoms with Crippen LogP contribution in [0, 0.1) is 11.7 Å². The van der Waals surface area contributed by atoms with Crippen LogP contribution in [-0.4, -0.2) is 33.8 Å². The molecule has 0 atom stereocenters. The Labute approximate surface area is 175 Å². The summed E-state index contributed by atoms with van der Waals surface area (Å²) in [5.74, 6) is -0.639. The molecule has 2 aromatic heterocycles. The molecule has 0 N–H and O–H groups in total. The molecule has 0 saturated carbocycles. The molecule has 0 spiro atoms. The van der Waals surface area contributed by atoms with Crippen LogP contribution in [0.15, 0.2) is 54.9 Å². The Balaban J connectivity index is 1.55. The predicted octanol–water partition coefficient (Wildman–Crippen LogP) is 4.80. The maximum atomic E-state index is 13.4. The number of carbonyl (C=O) groups excluding carboxylic acids is 1. The number of hydrogen-bond donors (Lipinski definition) is 0. The molecule has 160 valence electrons. The number of hydrogen-bond acceptors (Lipinski definition) is 5. The number of benzene rings is 1. The standard InChI is InChI=1S/C22H18F4N4O/c23-17-3-1-14(2-4-17)20(31)15-7-11-30(12-8-15)19-13-18(22(24,25)26)28-21(29-19)16-5-9-27-10-6-16/h1-6,9-10,13,15H,7-8,11-12H2. The summed E-state index contributed by atoms with van der Waals surface area (Å²) in [5.41, 5.74) is -0.154. The summed E-state index contributed by atoms with van der Waals surface area (Å²) < 4.78 is 53.4. The van der Waals surface area contributed by atoms with Crippen LogP contribution in [0.4, 0.5) is 23.4 Å². The van der Waals surface area contributed by atoms with Gasteiger partial charge in [0.2, 0.25) is 0 Å². The lowest BCUT2D eigenvalue weighted by Gasteiger charge is -2.32. The second-order valence-corrected chi connectivity index (χ2v) is 7.30. The molecule has 9 heteroatoms. The van der Waals surface area contributed by atoms with E-state index in [0.717, 1.165) is 6.07 Å². The lowest BCUT2D eigenvalue weighted by Crippen LogP contribution is -2.37. The smallest absolute Gasteiger partial charge is 0.356 e. The number of nitrogens with zero attached hydrogens (tertiary/aromatic N) is 4. The Morgan fingerprint density at radius 1 is 0.968 bits per heavy atom. The average molecular weight is 430 g/mol. The van der Waals surface area contributed by atoms with E-state index in [2.05, 4.69) is 15.0 Å². The first-order valence-corrected chi connectivity index (χ1v) is 9.72. The number of Topliss-reactive ketones (excluding diaryl/α,β-unsaturated/α-hetero) is 1. The number of ketones is 1. The molecular formula is C22H18F4N4O. The second kappa shape index (κ2) is 8.41. The maximum Gasteiger partial charge on any atom is 0.433 e. The third kappa shape index (κ3) is 4.70. The first-order chi connectivity index (χ1) is 14.8. The van der Waals surface area contributed by atoms with Gasteiger partial charge < -0.3 is 4.90 Å². The van der Waals surface area contributed by atoms with E-state index < -0.39 is 17.7 Å². The summed E-state index contributed by atoms with van der Waals surface area (Å²) in [6, 6.07) is 9.41. The Morgan fingerprint density at radius 2 is 1.61 bits per heavy atom. The van der Waals surface area contributed by atoms with Crippen LogP contribution in [-0.2, 0) is 6.18 Å². The number of rotatable bonds is 4. The van der Waals surface area contributed by atoms with E-state index >= 15 is 0 Å². The van der Waals surface area contributed by atoms with Gasteiger partial charge in [0.25, 0.3) is 0 Å². The van der Waals surface area contributed by atoms with Gasteiger partial charge in [-0.1, -0.05) is 0 Å². The second-order valence-electron chi connectivity index (χ2n) is 7.30. The van der Waals surface area contributed by atoms with Crippen molar-refractivity contribution in [3.05, 3.63) is 71.9 Å². The van der Waals surface area contributed by atoms with Gasteiger partial charge in [-0.15, -0.1) is 0 Å². The van der Waals surface area contributed by atoms with Crippen molar-refractivity contribution in [2.45, 2.75) is 19.0 Å². The number of carbonyl (C=O) groups is 1. The van der Waals surface area contributed by atoms with Gasteiger partial charge in [-0.25, -0.2) is 14.4 Å². The third-order valence-corrected chi connectivity index (χ3v) is 5.26.